The van der Waals surface area contributed by atoms with Gasteiger partial charge in [-0.1, -0.05) is 347 Å². The molecule has 0 saturated heterocycles. The van der Waals surface area contributed by atoms with Gasteiger partial charge in [-0.2, -0.15) is 0 Å². The summed E-state index contributed by atoms with van der Waals surface area (Å²) in [4.78, 5) is 23.4. The molecule has 0 fully saturated rings. The predicted octanol–water partition coefficient (Wildman–Crippen LogP) is 21.3. The zero-order valence-electron chi connectivity index (χ0n) is 52.0. The molecule has 0 aromatic carbocycles. The molecule has 454 valence electrons. The largest absolute Gasteiger partial charge is 0.472 e. The minimum absolute atomic E-state index is 0.0654. The molecular weight excluding hydrogens is 960 g/mol. The van der Waals surface area contributed by atoms with Crippen molar-refractivity contribution in [3.63, 3.8) is 0 Å². The molecule has 0 aromatic rings. The van der Waals surface area contributed by atoms with Gasteiger partial charge in [0.25, 0.3) is 0 Å². The molecule has 0 spiro atoms. The maximum absolute atomic E-state index is 13.0. The molecule has 0 aromatic heterocycles. The summed E-state index contributed by atoms with van der Waals surface area (Å²) in [6, 6.07) is -0.843. The van der Waals surface area contributed by atoms with Gasteiger partial charge in [0.1, 0.15) is 13.2 Å². The highest BCUT2D eigenvalue weighted by Crippen LogP contribution is 2.43. The van der Waals surface area contributed by atoms with E-state index >= 15 is 0 Å². The minimum Gasteiger partial charge on any atom is -0.387 e. The maximum Gasteiger partial charge on any atom is 0.472 e. The lowest BCUT2D eigenvalue weighted by Gasteiger charge is -2.25. The number of unbranched alkanes of at least 4 members (excludes halogenated alkanes) is 51. The van der Waals surface area contributed by atoms with Crippen molar-refractivity contribution in [2.45, 2.75) is 373 Å². The second kappa shape index (κ2) is 58.9. The highest BCUT2D eigenvalue weighted by Gasteiger charge is 2.28. The van der Waals surface area contributed by atoms with Crippen molar-refractivity contribution in [2.24, 2.45) is 0 Å². The van der Waals surface area contributed by atoms with Crippen molar-refractivity contribution in [3.8, 4) is 0 Å². The van der Waals surface area contributed by atoms with Gasteiger partial charge in [0, 0.05) is 6.42 Å². The molecule has 0 heterocycles. The normalized spacial score (nSPS) is 13.7. The van der Waals surface area contributed by atoms with Crippen molar-refractivity contribution in [3.05, 3.63) is 12.2 Å². The lowest BCUT2D eigenvalue weighted by molar-refractivity contribution is -0.870. The fourth-order valence-corrected chi connectivity index (χ4v) is 11.4. The number of allylic oxidation sites excluding steroid dienone is 1. The lowest BCUT2D eigenvalue weighted by atomic mass is 10.0. The number of phosphoric acid groups is 1. The van der Waals surface area contributed by atoms with Crippen LogP contribution in [0.5, 0.6) is 0 Å². The van der Waals surface area contributed by atoms with Gasteiger partial charge in [0.05, 0.1) is 39.9 Å². The first-order valence-electron chi connectivity index (χ1n) is 34.1. The molecule has 0 radical (unpaired) electrons. The van der Waals surface area contributed by atoms with E-state index in [2.05, 4.69) is 19.2 Å². The first-order valence-corrected chi connectivity index (χ1v) is 35.6. The molecule has 8 nitrogen and oxygen atoms in total. The molecule has 0 aliphatic heterocycles. The van der Waals surface area contributed by atoms with Crippen LogP contribution in [0.1, 0.15) is 361 Å². The third-order valence-corrected chi connectivity index (χ3v) is 17.0. The van der Waals surface area contributed by atoms with Gasteiger partial charge in [-0.15, -0.1) is 0 Å². The predicted molar refractivity (Wildman–Crippen MR) is 332 cm³/mol. The highest BCUT2D eigenvalue weighted by atomic mass is 31.2. The molecule has 0 aliphatic rings. The molecule has 0 saturated carbocycles. The number of aliphatic hydroxyl groups is 1. The summed E-state index contributed by atoms with van der Waals surface area (Å²) in [5.74, 6) is -0.167. The maximum atomic E-state index is 13.0. The SMILES string of the molecule is CCCCCCCCCCCCCCCCCCCC/C=C/C(O)C(COP(=O)(O)OCC[N+](C)(C)C)NC(=O)CCCCCCCCCCCCCCCCCCCCCCCCCCCCCCCCCCCC. The Morgan fingerprint density at radius 2 is 0.697 bits per heavy atom. The van der Waals surface area contributed by atoms with Crippen molar-refractivity contribution in [2.75, 3.05) is 40.9 Å². The topological polar surface area (TPSA) is 105 Å². The van der Waals surface area contributed by atoms with E-state index in [1.54, 1.807) is 6.08 Å². The average molecular weight is 1100 g/mol. The first kappa shape index (κ1) is 75.2. The van der Waals surface area contributed by atoms with E-state index in [1.165, 1.54) is 308 Å². The fourth-order valence-electron chi connectivity index (χ4n) is 10.7. The number of carbonyl (C=O) groups is 1. The molecule has 0 rings (SSSR count). The number of nitrogens with zero attached hydrogens (tertiary/aromatic N) is 1. The fraction of sp³-hybridized carbons (Fsp3) is 0.955. The molecule has 3 unspecified atom stereocenters. The van der Waals surface area contributed by atoms with Crippen LogP contribution in [0.3, 0.4) is 0 Å². The molecule has 1 amide bonds. The smallest absolute Gasteiger partial charge is 0.387 e. The Kier molecular flexibility index (Phi) is 58.3. The number of phosphoric ester groups is 1. The van der Waals surface area contributed by atoms with Gasteiger partial charge >= 0.3 is 7.82 Å². The Balaban J connectivity index is 3.97. The number of hydrogen-bond acceptors (Lipinski definition) is 5. The Labute approximate surface area is 475 Å². The molecule has 9 heteroatoms. The molecule has 76 heavy (non-hydrogen) atoms. The van der Waals surface area contributed by atoms with Crippen LogP contribution in [-0.4, -0.2) is 73.4 Å². The van der Waals surface area contributed by atoms with Crippen LogP contribution in [0.25, 0.3) is 0 Å². The van der Waals surface area contributed by atoms with E-state index in [1.807, 2.05) is 27.2 Å². The second-order valence-corrected chi connectivity index (χ2v) is 26.4. The zero-order chi connectivity index (χ0) is 55.6. The average Bonchev–Trinajstić information content (AvgIpc) is 3.38. The number of amides is 1. The molecule has 0 aliphatic carbocycles. The van der Waals surface area contributed by atoms with Crippen LogP contribution < -0.4 is 5.32 Å². The standard InChI is InChI=1S/C67H135N2O6P/c1-6-8-10-12-14-16-18-20-22-24-26-28-29-30-31-32-33-34-35-36-37-38-39-40-41-43-45-47-49-51-53-55-57-59-61-67(71)68-65(64-75-76(72,73)74-63-62-69(3,4)5)66(70)60-58-56-54-52-50-48-46-44-42-27-25-23-21-19-17-15-13-11-9-7-2/h58,60,65-66,70H,6-57,59,61-64H2,1-5H3,(H-,68,71,72,73)/p+1/b60-58+. The van der Waals surface area contributed by atoms with E-state index in [0.29, 0.717) is 17.4 Å². The van der Waals surface area contributed by atoms with Crippen LogP contribution in [-0.2, 0) is 18.4 Å². The Hall–Kier alpha value is -0.760. The van der Waals surface area contributed by atoms with Gasteiger partial charge in [-0.3, -0.25) is 13.8 Å². The van der Waals surface area contributed by atoms with Crippen LogP contribution in [0.4, 0.5) is 0 Å². The van der Waals surface area contributed by atoms with E-state index in [9.17, 15) is 19.4 Å². The number of likely N-dealkylation sites (N-methyl/N-ethyl adjacent to an activating group) is 1. The number of quaternary nitrogens is 1. The Morgan fingerprint density at radius 3 is 0.974 bits per heavy atom. The molecule has 3 N–H and O–H groups in total. The van der Waals surface area contributed by atoms with Crippen LogP contribution in [0, 0.1) is 0 Å². The van der Waals surface area contributed by atoms with Gasteiger partial charge in [-0.05, 0) is 19.3 Å². The Bertz CT molecular complexity index is 1240. The molecule has 0 bridgehead atoms. The summed E-state index contributed by atoms with van der Waals surface area (Å²) in [5.41, 5.74) is 0. The van der Waals surface area contributed by atoms with Crippen LogP contribution in [0.2, 0.25) is 0 Å². The zero-order valence-corrected chi connectivity index (χ0v) is 52.9. The number of hydrogen-bond donors (Lipinski definition) is 3. The quantitative estimate of drug-likeness (QED) is 0.0243. The number of nitrogens with one attached hydrogen (secondary N) is 1. The summed E-state index contributed by atoms with van der Waals surface area (Å²) >= 11 is 0. The minimum atomic E-state index is -4.35. The van der Waals surface area contributed by atoms with E-state index < -0.39 is 20.0 Å². The van der Waals surface area contributed by atoms with Gasteiger partial charge in [-0.25, -0.2) is 4.57 Å². The highest BCUT2D eigenvalue weighted by molar-refractivity contribution is 7.47. The van der Waals surface area contributed by atoms with Crippen LogP contribution in [0.15, 0.2) is 12.2 Å². The molecular formula is C67H136N2O6P+. The number of aliphatic hydroxyl groups excluding tert-OH is 1. The monoisotopic (exact) mass is 1100 g/mol. The van der Waals surface area contributed by atoms with Crippen molar-refractivity contribution >= 4 is 13.7 Å². The third kappa shape index (κ3) is 60.9. The van der Waals surface area contributed by atoms with Gasteiger partial charge < -0.3 is 19.8 Å². The summed E-state index contributed by atoms with van der Waals surface area (Å²) in [5, 5.41) is 14.0. The van der Waals surface area contributed by atoms with Crippen molar-refractivity contribution < 1.29 is 32.9 Å². The van der Waals surface area contributed by atoms with E-state index in [0.717, 1.165) is 32.1 Å². The Morgan fingerprint density at radius 1 is 0.434 bits per heavy atom. The van der Waals surface area contributed by atoms with Gasteiger partial charge in [0.15, 0.2) is 0 Å². The summed E-state index contributed by atoms with van der Waals surface area (Å²) < 4.78 is 23.8. The number of carbonyl (C=O) groups excluding carboxylic acids is 1. The summed E-state index contributed by atoms with van der Waals surface area (Å²) in [6.07, 6.45) is 75.0. The van der Waals surface area contributed by atoms with Gasteiger partial charge in [0.2, 0.25) is 5.91 Å². The second-order valence-electron chi connectivity index (χ2n) is 24.9. The van der Waals surface area contributed by atoms with Crippen LogP contribution >= 0.6 is 7.82 Å². The first-order chi connectivity index (χ1) is 37.0. The van der Waals surface area contributed by atoms with Crippen molar-refractivity contribution in [1.82, 2.24) is 5.32 Å². The summed E-state index contributed by atoms with van der Waals surface area (Å²) in [7, 11) is 1.59. The lowest BCUT2D eigenvalue weighted by Crippen LogP contribution is -2.45. The van der Waals surface area contributed by atoms with E-state index in [4.69, 9.17) is 9.05 Å². The van der Waals surface area contributed by atoms with Crippen molar-refractivity contribution in [1.29, 1.82) is 0 Å². The third-order valence-electron chi connectivity index (χ3n) is 16.0. The number of rotatable bonds is 64. The summed E-state index contributed by atoms with van der Waals surface area (Å²) in [6.45, 7) is 4.88. The molecule has 3 atom stereocenters. The van der Waals surface area contributed by atoms with E-state index in [-0.39, 0.29) is 19.1 Å².